The third kappa shape index (κ3) is 2.79. The molecule has 0 amide bonds. The fourth-order valence-electron chi connectivity index (χ4n) is 2.29. The van der Waals surface area contributed by atoms with Gasteiger partial charge < -0.3 is 10.6 Å². The second-order valence-corrected chi connectivity index (χ2v) is 4.88. The predicted molar refractivity (Wildman–Crippen MR) is 84.6 cm³/mol. The molecule has 0 saturated heterocycles. The van der Waals surface area contributed by atoms with E-state index in [1.54, 1.807) is 13.2 Å². The van der Waals surface area contributed by atoms with E-state index in [0.717, 1.165) is 29.8 Å². The largest absolute Gasteiger partial charge is 0.369 e. The molecule has 0 aliphatic rings. The highest BCUT2D eigenvalue weighted by atomic mass is 15.2. The first-order chi connectivity index (χ1) is 10.3. The SMILES string of the molecule is CNc1nc(NCCc2ccccc2C)c2cn[nH]c2n1. The average molecular weight is 282 g/mol. The summed E-state index contributed by atoms with van der Waals surface area (Å²) in [6.45, 7) is 2.94. The number of hydrogen-bond acceptors (Lipinski definition) is 5. The van der Waals surface area contributed by atoms with Crippen LogP contribution >= 0.6 is 0 Å². The van der Waals surface area contributed by atoms with Crippen LogP contribution in [0.2, 0.25) is 0 Å². The standard InChI is InChI=1S/C15H18N6/c1-10-5-3-4-6-11(10)7-8-17-13-12-9-18-21-14(12)20-15(16-2)19-13/h3-6,9H,7-8H2,1-2H3,(H3,16,17,18,19,20,21). The molecule has 21 heavy (non-hydrogen) atoms. The van der Waals surface area contributed by atoms with Crippen LogP contribution in [0, 0.1) is 6.92 Å². The number of anilines is 2. The Morgan fingerprint density at radius 1 is 1.19 bits per heavy atom. The molecule has 3 rings (SSSR count). The zero-order chi connectivity index (χ0) is 14.7. The Hall–Kier alpha value is -2.63. The van der Waals surface area contributed by atoms with Gasteiger partial charge in [0.05, 0.1) is 11.6 Å². The van der Waals surface area contributed by atoms with E-state index in [1.165, 1.54) is 11.1 Å². The third-order valence-corrected chi connectivity index (χ3v) is 3.48. The number of nitrogens with zero attached hydrogens (tertiary/aromatic N) is 3. The lowest BCUT2D eigenvalue weighted by molar-refractivity contribution is 0.993. The van der Waals surface area contributed by atoms with Crippen molar-refractivity contribution in [3.8, 4) is 0 Å². The van der Waals surface area contributed by atoms with Crippen LogP contribution in [0.15, 0.2) is 30.5 Å². The lowest BCUT2D eigenvalue weighted by Gasteiger charge is -2.09. The average Bonchev–Trinajstić information content (AvgIpc) is 2.97. The van der Waals surface area contributed by atoms with Crippen LogP contribution in [0.1, 0.15) is 11.1 Å². The summed E-state index contributed by atoms with van der Waals surface area (Å²) in [5.41, 5.74) is 3.38. The summed E-state index contributed by atoms with van der Waals surface area (Å²) in [6.07, 6.45) is 2.69. The molecule has 0 radical (unpaired) electrons. The molecule has 6 nitrogen and oxygen atoms in total. The van der Waals surface area contributed by atoms with Gasteiger partial charge in [-0.3, -0.25) is 5.10 Å². The molecular weight excluding hydrogens is 264 g/mol. The third-order valence-electron chi connectivity index (χ3n) is 3.48. The molecule has 0 spiro atoms. The Morgan fingerprint density at radius 2 is 2.05 bits per heavy atom. The maximum Gasteiger partial charge on any atom is 0.226 e. The van der Waals surface area contributed by atoms with Gasteiger partial charge in [-0.05, 0) is 24.5 Å². The van der Waals surface area contributed by atoms with Crippen LogP contribution in [0.3, 0.4) is 0 Å². The summed E-state index contributed by atoms with van der Waals surface area (Å²) in [7, 11) is 1.80. The van der Waals surface area contributed by atoms with Crippen LogP contribution in [0.4, 0.5) is 11.8 Å². The van der Waals surface area contributed by atoms with Gasteiger partial charge in [-0.15, -0.1) is 0 Å². The van der Waals surface area contributed by atoms with Crippen molar-refractivity contribution in [2.75, 3.05) is 24.2 Å². The van der Waals surface area contributed by atoms with Gasteiger partial charge in [0.25, 0.3) is 0 Å². The molecular formula is C15H18N6. The van der Waals surface area contributed by atoms with Gasteiger partial charge in [-0.1, -0.05) is 24.3 Å². The van der Waals surface area contributed by atoms with E-state index in [9.17, 15) is 0 Å². The maximum absolute atomic E-state index is 4.45. The highest BCUT2D eigenvalue weighted by molar-refractivity contribution is 5.86. The van der Waals surface area contributed by atoms with E-state index in [-0.39, 0.29) is 0 Å². The van der Waals surface area contributed by atoms with E-state index in [4.69, 9.17) is 0 Å². The van der Waals surface area contributed by atoms with E-state index in [0.29, 0.717) is 5.95 Å². The summed E-state index contributed by atoms with van der Waals surface area (Å²) < 4.78 is 0. The van der Waals surface area contributed by atoms with Gasteiger partial charge in [-0.2, -0.15) is 15.1 Å². The zero-order valence-corrected chi connectivity index (χ0v) is 12.1. The van der Waals surface area contributed by atoms with Crippen molar-refractivity contribution in [1.29, 1.82) is 0 Å². The number of rotatable bonds is 5. The van der Waals surface area contributed by atoms with Gasteiger partial charge in [0.1, 0.15) is 5.82 Å². The summed E-state index contributed by atoms with van der Waals surface area (Å²) in [4.78, 5) is 8.77. The van der Waals surface area contributed by atoms with Crippen molar-refractivity contribution < 1.29 is 0 Å². The van der Waals surface area contributed by atoms with Crippen molar-refractivity contribution in [2.45, 2.75) is 13.3 Å². The first-order valence-electron chi connectivity index (χ1n) is 6.95. The number of fused-ring (bicyclic) bond motifs is 1. The number of hydrogen-bond donors (Lipinski definition) is 3. The Bertz CT molecular complexity index is 749. The summed E-state index contributed by atoms with van der Waals surface area (Å²) in [6, 6.07) is 8.42. The Balaban J connectivity index is 1.76. The maximum atomic E-state index is 4.45. The number of H-pyrrole nitrogens is 1. The van der Waals surface area contributed by atoms with Gasteiger partial charge in [0, 0.05) is 13.6 Å². The monoisotopic (exact) mass is 282 g/mol. The second-order valence-electron chi connectivity index (χ2n) is 4.88. The van der Waals surface area contributed by atoms with Crippen LogP contribution < -0.4 is 10.6 Å². The van der Waals surface area contributed by atoms with Crippen molar-refractivity contribution in [1.82, 2.24) is 20.2 Å². The van der Waals surface area contributed by atoms with Crippen LogP contribution in [-0.2, 0) is 6.42 Å². The van der Waals surface area contributed by atoms with E-state index in [1.807, 2.05) is 0 Å². The number of aryl methyl sites for hydroxylation is 1. The number of benzene rings is 1. The molecule has 108 valence electrons. The van der Waals surface area contributed by atoms with E-state index in [2.05, 4.69) is 62.0 Å². The van der Waals surface area contributed by atoms with Gasteiger partial charge in [-0.25, -0.2) is 0 Å². The Kier molecular flexibility index (Phi) is 3.68. The number of aromatic amines is 1. The first-order valence-corrected chi connectivity index (χ1v) is 6.95. The van der Waals surface area contributed by atoms with E-state index >= 15 is 0 Å². The lowest BCUT2D eigenvalue weighted by Crippen LogP contribution is -2.09. The number of aromatic nitrogens is 4. The number of nitrogens with one attached hydrogen (secondary N) is 3. The summed E-state index contributed by atoms with van der Waals surface area (Å²) >= 11 is 0. The van der Waals surface area contributed by atoms with Gasteiger partial charge in [0.2, 0.25) is 5.95 Å². The normalized spacial score (nSPS) is 10.8. The van der Waals surface area contributed by atoms with Crippen LogP contribution in [0.25, 0.3) is 11.0 Å². The molecule has 0 saturated carbocycles. The minimum atomic E-state index is 0.574. The quantitative estimate of drug-likeness (QED) is 0.669. The molecule has 0 aliphatic heterocycles. The molecule has 0 atom stereocenters. The summed E-state index contributed by atoms with van der Waals surface area (Å²) in [5.74, 6) is 1.37. The van der Waals surface area contributed by atoms with Crippen molar-refractivity contribution in [3.05, 3.63) is 41.6 Å². The second kappa shape index (κ2) is 5.78. The molecule has 3 aromatic rings. The summed E-state index contributed by atoms with van der Waals surface area (Å²) in [5, 5.41) is 14.1. The smallest absolute Gasteiger partial charge is 0.226 e. The minimum absolute atomic E-state index is 0.574. The topological polar surface area (TPSA) is 78.5 Å². The van der Waals surface area contributed by atoms with Gasteiger partial charge >= 0.3 is 0 Å². The molecule has 0 fully saturated rings. The molecule has 2 heterocycles. The molecule has 2 aromatic heterocycles. The molecule has 1 aromatic carbocycles. The van der Waals surface area contributed by atoms with Crippen molar-refractivity contribution in [2.24, 2.45) is 0 Å². The zero-order valence-electron chi connectivity index (χ0n) is 12.1. The molecule has 0 unspecified atom stereocenters. The first kappa shape index (κ1) is 13.4. The van der Waals surface area contributed by atoms with Gasteiger partial charge in [0.15, 0.2) is 5.65 Å². The van der Waals surface area contributed by atoms with E-state index < -0.39 is 0 Å². The fraction of sp³-hybridized carbons (Fsp3) is 0.267. The van der Waals surface area contributed by atoms with Crippen LogP contribution in [-0.4, -0.2) is 33.8 Å². The van der Waals surface area contributed by atoms with Crippen molar-refractivity contribution in [3.63, 3.8) is 0 Å². The molecule has 0 aliphatic carbocycles. The predicted octanol–water partition coefficient (Wildman–Crippen LogP) is 2.36. The van der Waals surface area contributed by atoms with Crippen molar-refractivity contribution >= 4 is 22.8 Å². The molecule has 6 heteroatoms. The minimum Gasteiger partial charge on any atom is -0.369 e. The molecule has 0 bridgehead atoms. The Labute approximate surface area is 123 Å². The molecule has 3 N–H and O–H groups in total. The van der Waals surface area contributed by atoms with Crippen LogP contribution in [0.5, 0.6) is 0 Å². The highest BCUT2D eigenvalue weighted by Gasteiger charge is 2.08. The fourth-order valence-corrected chi connectivity index (χ4v) is 2.29. The Morgan fingerprint density at radius 3 is 2.86 bits per heavy atom. The highest BCUT2D eigenvalue weighted by Crippen LogP contribution is 2.19. The lowest BCUT2D eigenvalue weighted by atomic mass is 10.1.